The van der Waals surface area contributed by atoms with Gasteiger partial charge in [0.05, 0.1) is 0 Å². The highest BCUT2D eigenvalue weighted by Gasteiger charge is 2.53. The molecule has 3 atom stereocenters. The minimum atomic E-state index is -0.170. The first kappa shape index (κ1) is 13.4. The molecule has 0 aliphatic heterocycles. The van der Waals surface area contributed by atoms with Crippen molar-refractivity contribution in [2.24, 2.45) is 17.8 Å². The topological polar surface area (TPSA) is 12.0 Å². The molecule has 0 radical (unpaired) electrons. The van der Waals surface area contributed by atoms with Gasteiger partial charge in [0.1, 0.15) is 5.82 Å². The summed E-state index contributed by atoms with van der Waals surface area (Å²) in [5, 5.41) is 3.96. The Morgan fingerprint density at radius 2 is 2.00 bits per heavy atom. The van der Waals surface area contributed by atoms with Gasteiger partial charge >= 0.3 is 0 Å². The van der Waals surface area contributed by atoms with Crippen LogP contribution in [0.1, 0.15) is 31.2 Å². The Bertz CT molecular complexity index is 430. The summed E-state index contributed by atoms with van der Waals surface area (Å²) in [6.07, 6.45) is 6.17. The lowest BCUT2D eigenvalue weighted by atomic mass is 9.99. The van der Waals surface area contributed by atoms with Crippen LogP contribution in [-0.2, 0) is 6.42 Å². The van der Waals surface area contributed by atoms with Crippen molar-refractivity contribution >= 4 is 11.6 Å². The minimum absolute atomic E-state index is 0.170. The van der Waals surface area contributed by atoms with Gasteiger partial charge in [-0.25, -0.2) is 4.39 Å². The third-order valence-electron chi connectivity index (χ3n) is 5.04. The average molecular weight is 282 g/mol. The van der Waals surface area contributed by atoms with Crippen molar-refractivity contribution in [1.82, 2.24) is 5.32 Å². The Balaban J connectivity index is 1.74. The van der Waals surface area contributed by atoms with Crippen LogP contribution in [0.3, 0.4) is 0 Å². The molecule has 2 aliphatic rings. The van der Waals surface area contributed by atoms with E-state index < -0.39 is 0 Å². The van der Waals surface area contributed by atoms with E-state index >= 15 is 0 Å². The van der Waals surface area contributed by atoms with Gasteiger partial charge in [0, 0.05) is 16.6 Å². The van der Waals surface area contributed by atoms with E-state index in [4.69, 9.17) is 11.6 Å². The second-order valence-corrected chi connectivity index (χ2v) is 6.40. The van der Waals surface area contributed by atoms with Crippen LogP contribution in [0.15, 0.2) is 18.2 Å². The van der Waals surface area contributed by atoms with E-state index in [0.717, 1.165) is 17.8 Å². The molecule has 0 spiro atoms. The fourth-order valence-corrected chi connectivity index (χ4v) is 4.26. The van der Waals surface area contributed by atoms with Crippen molar-refractivity contribution in [2.45, 2.75) is 38.1 Å². The highest BCUT2D eigenvalue weighted by molar-refractivity contribution is 6.31. The second kappa shape index (κ2) is 5.41. The molecule has 0 heterocycles. The molecule has 1 N–H and O–H groups in total. The van der Waals surface area contributed by atoms with Crippen molar-refractivity contribution < 1.29 is 4.39 Å². The summed E-state index contributed by atoms with van der Waals surface area (Å²) >= 11 is 6.14. The molecular weight excluding hydrogens is 261 g/mol. The van der Waals surface area contributed by atoms with Crippen molar-refractivity contribution in [3.05, 3.63) is 34.6 Å². The predicted octanol–water partition coefficient (Wildman–Crippen LogP) is 4.05. The SMILES string of the molecule is CNC(Cc1c(F)cccc1Cl)C1C2CCCCC21. The summed E-state index contributed by atoms with van der Waals surface area (Å²) in [5.74, 6) is 2.30. The second-order valence-electron chi connectivity index (χ2n) is 5.99. The van der Waals surface area contributed by atoms with E-state index in [0.29, 0.717) is 23.0 Å². The summed E-state index contributed by atoms with van der Waals surface area (Å²) in [4.78, 5) is 0. The summed E-state index contributed by atoms with van der Waals surface area (Å²) in [6.45, 7) is 0. The highest BCUT2D eigenvalue weighted by Crippen LogP contribution is 2.57. The molecule has 3 unspecified atom stereocenters. The average Bonchev–Trinajstić information content (AvgIpc) is 3.13. The lowest BCUT2D eigenvalue weighted by Crippen LogP contribution is -2.31. The Morgan fingerprint density at radius 3 is 2.58 bits per heavy atom. The maximum Gasteiger partial charge on any atom is 0.127 e. The fourth-order valence-electron chi connectivity index (χ4n) is 4.02. The zero-order valence-corrected chi connectivity index (χ0v) is 12.1. The van der Waals surface area contributed by atoms with Gasteiger partial charge in [-0.05, 0) is 56.2 Å². The molecule has 104 valence electrons. The first-order valence-electron chi connectivity index (χ1n) is 7.32. The largest absolute Gasteiger partial charge is 0.316 e. The van der Waals surface area contributed by atoms with Crippen molar-refractivity contribution in [3.8, 4) is 0 Å². The fraction of sp³-hybridized carbons (Fsp3) is 0.625. The predicted molar refractivity (Wildman–Crippen MR) is 76.9 cm³/mol. The van der Waals surface area contributed by atoms with Gasteiger partial charge in [-0.15, -0.1) is 0 Å². The van der Waals surface area contributed by atoms with Gasteiger partial charge in [-0.1, -0.05) is 30.5 Å². The normalized spacial score (nSPS) is 30.8. The van der Waals surface area contributed by atoms with E-state index in [-0.39, 0.29) is 5.82 Å². The maximum atomic E-state index is 13.9. The number of benzene rings is 1. The Morgan fingerprint density at radius 1 is 1.32 bits per heavy atom. The summed E-state index contributed by atoms with van der Waals surface area (Å²) in [6, 6.07) is 5.33. The molecule has 0 bridgehead atoms. The first-order valence-corrected chi connectivity index (χ1v) is 7.70. The Kier molecular flexibility index (Phi) is 3.81. The van der Waals surface area contributed by atoms with Crippen LogP contribution in [0, 0.1) is 23.6 Å². The van der Waals surface area contributed by atoms with E-state index in [2.05, 4.69) is 5.32 Å². The van der Waals surface area contributed by atoms with Crippen molar-refractivity contribution in [3.63, 3.8) is 0 Å². The van der Waals surface area contributed by atoms with Gasteiger partial charge in [0.25, 0.3) is 0 Å². The van der Waals surface area contributed by atoms with E-state index in [9.17, 15) is 4.39 Å². The number of hydrogen-bond donors (Lipinski definition) is 1. The van der Waals surface area contributed by atoms with Gasteiger partial charge < -0.3 is 5.32 Å². The summed E-state index contributed by atoms with van der Waals surface area (Å²) in [5.41, 5.74) is 0.673. The van der Waals surface area contributed by atoms with E-state index in [1.807, 2.05) is 7.05 Å². The number of nitrogens with one attached hydrogen (secondary N) is 1. The molecule has 2 aliphatic carbocycles. The van der Waals surface area contributed by atoms with E-state index in [1.165, 1.54) is 31.7 Å². The molecule has 1 nitrogen and oxygen atoms in total. The molecule has 0 amide bonds. The molecule has 1 aromatic rings. The van der Waals surface area contributed by atoms with Gasteiger partial charge in [0.2, 0.25) is 0 Å². The molecular formula is C16H21ClFN. The Labute approximate surface area is 119 Å². The summed E-state index contributed by atoms with van der Waals surface area (Å²) < 4.78 is 13.9. The van der Waals surface area contributed by atoms with Gasteiger partial charge in [-0.2, -0.15) is 0 Å². The molecule has 2 fully saturated rings. The monoisotopic (exact) mass is 281 g/mol. The van der Waals surface area contributed by atoms with Crippen LogP contribution >= 0.6 is 11.6 Å². The Hall–Kier alpha value is -0.600. The molecule has 3 rings (SSSR count). The molecule has 19 heavy (non-hydrogen) atoms. The number of hydrogen-bond acceptors (Lipinski definition) is 1. The zero-order valence-electron chi connectivity index (χ0n) is 11.3. The minimum Gasteiger partial charge on any atom is -0.316 e. The standard InChI is InChI=1S/C16H21ClFN/c1-19-15(16-10-5-2-3-6-11(10)16)9-12-13(17)7-4-8-14(12)18/h4,7-8,10-11,15-16,19H,2-3,5-6,9H2,1H3. The van der Waals surface area contributed by atoms with E-state index in [1.54, 1.807) is 12.1 Å². The van der Waals surface area contributed by atoms with Crippen LogP contribution in [0.4, 0.5) is 4.39 Å². The molecule has 0 aromatic heterocycles. The summed E-state index contributed by atoms with van der Waals surface area (Å²) in [7, 11) is 1.99. The lowest BCUT2D eigenvalue weighted by Gasteiger charge is -2.18. The quantitative estimate of drug-likeness (QED) is 0.878. The zero-order chi connectivity index (χ0) is 13.4. The van der Waals surface area contributed by atoms with Crippen LogP contribution in [-0.4, -0.2) is 13.1 Å². The molecule has 3 heteroatoms. The van der Waals surface area contributed by atoms with Crippen molar-refractivity contribution in [2.75, 3.05) is 7.05 Å². The van der Waals surface area contributed by atoms with Gasteiger partial charge in [-0.3, -0.25) is 0 Å². The third kappa shape index (κ3) is 2.53. The van der Waals surface area contributed by atoms with Crippen LogP contribution in [0.5, 0.6) is 0 Å². The van der Waals surface area contributed by atoms with Crippen LogP contribution < -0.4 is 5.32 Å². The van der Waals surface area contributed by atoms with Crippen molar-refractivity contribution in [1.29, 1.82) is 0 Å². The smallest absolute Gasteiger partial charge is 0.127 e. The lowest BCUT2D eigenvalue weighted by molar-refractivity contribution is 0.451. The first-order chi connectivity index (χ1) is 9.22. The maximum absolute atomic E-state index is 13.9. The third-order valence-corrected chi connectivity index (χ3v) is 5.40. The number of likely N-dealkylation sites (N-methyl/N-ethyl adjacent to an activating group) is 1. The molecule has 2 saturated carbocycles. The van der Waals surface area contributed by atoms with Gasteiger partial charge in [0.15, 0.2) is 0 Å². The number of fused-ring (bicyclic) bond motifs is 1. The number of halogens is 2. The van der Waals surface area contributed by atoms with Crippen LogP contribution in [0.2, 0.25) is 5.02 Å². The molecule has 1 aromatic carbocycles. The highest BCUT2D eigenvalue weighted by atomic mass is 35.5. The molecule has 0 saturated heterocycles. The van der Waals surface area contributed by atoms with Crippen LogP contribution in [0.25, 0.3) is 0 Å². The number of rotatable bonds is 4.